The molecule has 0 saturated carbocycles. The SMILES string of the molecule is O=C(OCc1ccccc1)N1CCCCC1C=CCO. The molecular weight excluding hydrogens is 254 g/mol. The molecule has 108 valence electrons. The van der Waals surface area contributed by atoms with E-state index in [4.69, 9.17) is 9.84 Å². The Hall–Kier alpha value is -1.81. The monoisotopic (exact) mass is 275 g/mol. The van der Waals surface area contributed by atoms with Gasteiger partial charge in [-0.2, -0.15) is 0 Å². The number of benzene rings is 1. The molecule has 1 aromatic carbocycles. The van der Waals surface area contributed by atoms with Gasteiger partial charge >= 0.3 is 6.09 Å². The van der Waals surface area contributed by atoms with Crippen molar-refractivity contribution in [1.82, 2.24) is 4.90 Å². The van der Waals surface area contributed by atoms with E-state index >= 15 is 0 Å². The van der Waals surface area contributed by atoms with Crippen molar-refractivity contribution in [3.63, 3.8) is 0 Å². The van der Waals surface area contributed by atoms with Gasteiger partial charge in [-0.05, 0) is 24.8 Å². The van der Waals surface area contributed by atoms with Crippen molar-refractivity contribution in [3.05, 3.63) is 48.0 Å². The predicted molar refractivity (Wildman–Crippen MR) is 77.2 cm³/mol. The summed E-state index contributed by atoms with van der Waals surface area (Å²) in [5, 5.41) is 8.85. The van der Waals surface area contributed by atoms with Crippen molar-refractivity contribution in [2.45, 2.75) is 31.9 Å². The maximum absolute atomic E-state index is 12.2. The van der Waals surface area contributed by atoms with E-state index in [-0.39, 0.29) is 18.7 Å². The Balaban J connectivity index is 1.90. The van der Waals surface area contributed by atoms with Crippen LogP contribution in [0.5, 0.6) is 0 Å². The normalized spacial score (nSPS) is 19.2. The van der Waals surface area contributed by atoms with Crippen LogP contribution in [0, 0.1) is 0 Å². The molecule has 0 aliphatic carbocycles. The molecule has 1 heterocycles. The van der Waals surface area contributed by atoms with Crippen LogP contribution in [0.15, 0.2) is 42.5 Å². The first-order valence-corrected chi connectivity index (χ1v) is 7.06. The first-order valence-electron chi connectivity index (χ1n) is 7.06. The maximum atomic E-state index is 12.2. The van der Waals surface area contributed by atoms with E-state index in [2.05, 4.69) is 0 Å². The molecule has 1 atom stereocenters. The third-order valence-electron chi connectivity index (χ3n) is 3.45. The lowest BCUT2D eigenvalue weighted by molar-refractivity contribution is 0.0774. The molecule has 0 aromatic heterocycles. The van der Waals surface area contributed by atoms with Gasteiger partial charge in [-0.25, -0.2) is 4.79 Å². The summed E-state index contributed by atoms with van der Waals surface area (Å²) in [6, 6.07) is 9.71. The van der Waals surface area contributed by atoms with Gasteiger partial charge < -0.3 is 14.7 Å². The average Bonchev–Trinajstić information content (AvgIpc) is 2.52. The van der Waals surface area contributed by atoms with Crippen LogP contribution in [-0.2, 0) is 11.3 Å². The number of carbonyl (C=O) groups is 1. The van der Waals surface area contributed by atoms with Crippen LogP contribution in [0.2, 0.25) is 0 Å². The number of hydrogen-bond donors (Lipinski definition) is 1. The van der Waals surface area contributed by atoms with E-state index in [0.717, 1.165) is 24.8 Å². The fraction of sp³-hybridized carbons (Fsp3) is 0.438. The standard InChI is InChI=1S/C16H21NO3/c18-12-6-10-15-9-4-5-11-17(15)16(19)20-13-14-7-2-1-3-8-14/h1-3,6-8,10,15,18H,4-5,9,11-13H2. The lowest BCUT2D eigenvalue weighted by atomic mass is 10.0. The largest absolute Gasteiger partial charge is 0.445 e. The highest BCUT2D eigenvalue weighted by Gasteiger charge is 2.25. The maximum Gasteiger partial charge on any atom is 0.410 e. The highest BCUT2D eigenvalue weighted by atomic mass is 16.6. The van der Waals surface area contributed by atoms with Crippen LogP contribution in [0.25, 0.3) is 0 Å². The van der Waals surface area contributed by atoms with Crippen molar-refractivity contribution in [2.24, 2.45) is 0 Å². The number of aliphatic hydroxyl groups excluding tert-OH is 1. The zero-order valence-electron chi connectivity index (χ0n) is 11.6. The second kappa shape index (κ2) is 7.70. The quantitative estimate of drug-likeness (QED) is 0.860. The van der Waals surface area contributed by atoms with Gasteiger partial charge in [0.15, 0.2) is 0 Å². The van der Waals surface area contributed by atoms with Gasteiger partial charge in [-0.3, -0.25) is 0 Å². The van der Waals surface area contributed by atoms with Crippen molar-refractivity contribution >= 4 is 6.09 Å². The van der Waals surface area contributed by atoms with Gasteiger partial charge in [-0.15, -0.1) is 0 Å². The molecule has 1 amide bonds. The number of aliphatic hydroxyl groups is 1. The third-order valence-corrected chi connectivity index (χ3v) is 3.45. The fourth-order valence-corrected chi connectivity index (χ4v) is 2.40. The minimum Gasteiger partial charge on any atom is -0.445 e. The summed E-state index contributed by atoms with van der Waals surface area (Å²) in [5.41, 5.74) is 0.986. The molecule has 4 nitrogen and oxygen atoms in total. The molecule has 2 rings (SSSR count). The van der Waals surface area contributed by atoms with Crippen LogP contribution >= 0.6 is 0 Å². The molecule has 1 aliphatic rings. The highest BCUT2D eigenvalue weighted by Crippen LogP contribution is 2.19. The van der Waals surface area contributed by atoms with Crippen molar-refractivity contribution in [3.8, 4) is 0 Å². The van der Waals surface area contributed by atoms with Crippen LogP contribution in [0.1, 0.15) is 24.8 Å². The summed E-state index contributed by atoms with van der Waals surface area (Å²) in [5.74, 6) is 0. The average molecular weight is 275 g/mol. The van der Waals surface area contributed by atoms with Gasteiger partial charge in [0.2, 0.25) is 0 Å². The molecule has 1 saturated heterocycles. The summed E-state index contributed by atoms with van der Waals surface area (Å²) in [6.45, 7) is 1.02. The number of rotatable bonds is 4. The molecule has 1 unspecified atom stereocenters. The Kier molecular flexibility index (Phi) is 5.62. The Bertz CT molecular complexity index is 444. The number of likely N-dealkylation sites (tertiary alicyclic amines) is 1. The number of ether oxygens (including phenoxy) is 1. The van der Waals surface area contributed by atoms with Crippen LogP contribution in [-0.4, -0.2) is 35.3 Å². The molecule has 0 spiro atoms. The van der Waals surface area contributed by atoms with E-state index in [9.17, 15) is 4.79 Å². The Morgan fingerprint density at radius 2 is 2.15 bits per heavy atom. The first kappa shape index (κ1) is 14.6. The Morgan fingerprint density at radius 3 is 2.90 bits per heavy atom. The van der Waals surface area contributed by atoms with E-state index < -0.39 is 0 Å². The first-order chi connectivity index (χ1) is 9.81. The van der Waals surface area contributed by atoms with Crippen molar-refractivity contribution in [2.75, 3.05) is 13.2 Å². The molecule has 0 radical (unpaired) electrons. The van der Waals surface area contributed by atoms with Gasteiger partial charge in [0.05, 0.1) is 12.6 Å². The van der Waals surface area contributed by atoms with Crippen molar-refractivity contribution in [1.29, 1.82) is 0 Å². The number of amides is 1. The summed E-state index contributed by atoms with van der Waals surface area (Å²) in [4.78, 5) is 13.9. The third kappa shape index (κ3) is 4.10. The predicted octanol–water partition coefficient (Wildman–Crippen LogP) is 2.73. The van der Waals surface area contributed by atoms with Crippen molar-refractivity contribution < 1.29 is 14.6 Å². The zero-order chi connectivity index (χ0) is 14.2. The van der Waals surface area contributed by atoms with Gasteiger partial charge in [-0.1, -0.05) is 42.5 Å². The van der Waals surface area contributed by atoms with E-state index in [1.807, 2.05) is 36.4 Å². The zero-order valence-corrected chi connectivity index (χ0v) is 11.6. The number of piperidine rings is 1. The lowest BCUT2D eigenvalue weighted by Crippen LogP contribution is -2.43. The summed E-state index contributed by atoms with van der Waals surface area (Å²) in [7, 11) is 0. The Labute approximate surface area is 119 Å². The van der Waals surface area contributed by atoms with Crippen LogP contribution in [0.4, 0.5) is 4.79 Å². The minimum atomic E-state index is -0.277. The molecule has 1 N–H and O–H groups in total. The lowest BCUT2D eigenvalue weighted by Gasteiger charge is -2.33. The van der Waals surface area contributed by atoms with Gasteiger partial charge in [0.25, 0.3) is 0 Å². The van der Waals surface area contributed by atoms with E-state index in [1.165, 1.54) is 0 Å². The summed E-state index contributed by atoms with van der Waals surface area (Å²) < 4.78 is 5.37. The summed E-state index contributed by atoms with van der Waals surface area (Å²) >= 11 is 0. The molecule has 20 heavy (non-hydrogen) atoms. The van der Waals surface area contributed by atoms with Gasteiger partial charge in [0.1, 0.15) is 6.61 Å². The van der Waals surface area contributed by atoms with E-state index in [0.29, 0.717) is 13.2 Å². The van der Waals surface area contributed by atoms with Gasteiger partial charge in [0, 0.05) is 6.54 Å². The highest BCUT2D eigenvalue weighted by molar-refractivity contribution is 5.68. The minimum absolute atomic E-state index is 0.00338. The van der Waals surface area contributed by atoms with Crippen LogP contribution in [0.3, 0.4) is 0 Å². The number of carbonyl (C=O) groups excluding carboxylic acids is 1. The molecule has 1 aromatic rings. The number of hydrogen-bond acceptors (Lipinski definition) is 3. The van der Waals surface area contributed by atoms with Crippen LogP contribution < -0.4 is 0 Å². The van der Waals surface area contributed by atoms with E-state index in [1.54, 1.807) is 11.0 Å². The molecule has 1 fully saturated rings. The molecule has 1 aliphatic heterocycles. The molecule has 0 bridgehead atoms. The second-order valence-corrected chi connectivity index (χ2v) is 4.91. The molecular formula is C16H21NO3. The topological polar surface area (TPSA) is 49.8 Å². The molecule has 4 heteroatoms. The smallest absolute Gasteiger partial charge is 0.410 e. The Morgan fingerprint density at radius 1 is 1.35 bits per heavy atom. The fourth-order valence-electron chi connectivity index (χ4n) is 2.40. The second-order valence-electron chi connectivity index (χ2n) is 4.91. The summed E-state index contributed by atoms with van der Waals surface area (Å²) in [6.07, 6.45) is 6.33. The number of nitrogens with zero attached hydrogens (tertiary/aromatic N) is 1.